The second-order valence-corrected chi connectivity index (χ2v) is 6.29. The standard InChI is InChI=1S/C14H18N6S/c1-9-10(6-11(7-15)19(9)5)8-16-20-12(14(2,3)4)17-18-13(20)21/h6,8H,1-5H3,(H,18,21)/b16-8-. The van der Waals surface area contributed by atoms with Crippen LogP contribution in [0.5, 0.6) is 0 Å². The molecule has 7 heteroatoms. The van der Waals surface area contributed by atoms with Crippen molar-refractivity contribution < 1.29 is 0 Å². The molecular weight excluding hydrogens is 284 g/mol. The zero-order valence-corrected chi connectivity index (χ0v) is 13.6. The van der Waals surface area contributed by atoms with Crippen LogP contribution in [0, 0.1) is 23.0 Å². The lowest BCUT2D eigenvalue weighted by molar-refractivity contribution is 0.516. The molecule has 1 N–H and O–H groups in total. The number of nitriles is 1. The Morgan fingerprint density at radius 2 is 2.14 bits per heavy atom. The molecule has 21 heavy (non-hydrogen) atoms. The van der Waals surface area contributed by atoms with Crippen molar-refractivity contribution >= 4 is 18.4 Å². The molecule has 0 spiro atoms. The summed E-state index contributed by atoms with van der Waals surface area (Å²) in [5.74, 6) is 0.762. The van der Waals surface area contributed by atoms with Crippen molar-refractivity contribution in [3.8, 4) is 6.07 Å². The van der Waals surface area contributed by atoms with E-state index < -0.39 is 0 Å². The van der Waals surface area contributed by atoms with Gasteiger partial charge in [0, 0.05) is 23.7 Å². The first kappa shape index (κ1) is 15.2. The van der Waals surface area contributed by atoms with E-state index in [2.05, 4.69) is 21.4 Å². The molecule has 110 valence electrons. The van der Waals surface area contributed by atoms with Crippen molar-refractivity contribution in [3.63, 3.8) is 0 Å². The van der Waals surface area contributed by atoms with E-state index >= 15 is 0 Å². The van der Waals surface area contributed by atoms with E-state index in [4.69, 9.17) is 17.5 Å². The third-order valence-electron chi connectivity index (χ3n) is 3.32. The first-order valence-corrected chi connectivity index (χ1v) is 6.95. The van der Waals surface area contributed by atoms with Gasteiger partial charge < -0.3 is 4.57 Å². The number of rotatable bonds is 2. The fourth-order valence-corrected chi connectivity index (χ4v) is 2.14. The van der Waals surface area contributed by atoms with Crippen molar-refractivity contribution in [1.82, 2.24) is 19.4 Å². The Hall–Kier alpha value is -2.20. The van der Waals surface area contributed by atoms with Crippen molar-refractivity contribution in [2.75, 3.05) is 0 Å². The van der Waals surface area contributed by atoms with Crippen LogP contribution in [0.1, 0.15) is 43.5 Å². The Kier molecular flexibility index (Phi) is 3.83. The highest BCUT2D eigenvalue weighted by Gasteiger charge is 2.21. The van der Waals surface area contributed by atoms with Crippen molar-refractivity contribution in [2.45, 2.75) is 33.1 Å². The van der Waals surface area contributed by atoms with Crippen LogP contribution in [-0.4, -0.2) is 25.7 Å². The van der Waals surface area contributed by atoms with Crippen LogP contribution >= 0.6 is 12.2 Å². The predicted molar refractivity (Wildman–Crippen MR) is 84.0 cm³/mol. The molecule has 2 rings (SSSR count). The lowest BCUT2D eigenvalue weighted by atomic mass is 9.96. The molecule has 2 heterocycles. The predicted octanol–water partition coefficient (Wildman–Crippen LogP) is 2.64. The van der Waals surface area contributed by atoms with Gasteiger partial charge in [-0.05, 0) is 25.2 Å². The second kappa shape index (κ2) is 5.30. The number of hydrogen-bond acceptors (Lipinski definition) is 4. The Morgan fingerprint density at radius 1 is 1.48 bits per heavy atom. The van der Waals surface area contributed by atoms with E-state index in [1.54, 1.807) is 17.0 Å². The SMILES string of the molecule is Cc1c(/C=N\n2c(C(C)(C)C)n[nH]c2=S)cc(C#N)n1C. The maximum absolute atomic E-state index is 9.05. The average molecular weight is 302 g/mol. The minimum Gasteiger partial charge on any atom is -0.339 e. The van der Waals surface area contributed by atoms with Crippen molar-refractivity contribution in [2.24, 2.45) is 12.1 Å². The van der Waals surface area contributed by atoms with Gasteiger partial charge in [-0.15, -0.1) is 0 Å². The Morgan fingerprint density at radius 3 is 2.67 bits per heavy atom. The monoisotopic (exact) mass is 302 g/mol. The second-order valence-electron chi connectivity index (χ2n) is 5.90. The molecule has 0 aliphatic carbocycles. The number of aromatic nitrogens is 4. The van der Waals surface area contributed by atoms with E-state index in [0.29, 0.717) is 10.5 Å². The van der Waals surface area contributed by atoms with Gasteiger partial charge in [-0.25, -0.2) is 0 Å². The molecule has 0 aliphatic rings. The molecule has 6 nitrogen and oxygen atoms in total. The summed E-state index contributed by atoms with van der Waals surface area (Å²) in [4.78, 5) is 0. The van der Waals surface area contributed by atoms with Gasteiger partial charge in [-0.1, -0.05) is 20.8 Å². The third kappa shape index (κ3) is 2.81. The number of H-pyrrole nitrogens is 1. The van der Waals surface area contributed by atoms with Crippen molar-refractivity contribution in [3.05, 3.63) is 33.6 Å². The van der Waals surface area contributed by atoms with E-state index in [0.717, 1.165) is 17.1 Å². The Balaban J connectivity index is 2.47. The quantitative estimate of drug-likeness (QED) is 0.684. The summed E-state index contributed by atoms with van der Waals surface area (Å²) in [6.45, 7) is 8.09. The van der Waals surface area contributed by atoms with Crippen LogP contribution < -0.4 is 0 Å². The van der Waals surface area contributed by atoms with Crippen LogP contribution in [0.25, 0.3) is 0 Å². The van der Waals surface area contributed by atoms with Crippen LogP contribution in [-0.2, 0) is 12.5 Å². The fourth-order valence-electron chi connectivity index (χ4n) is 1.96. The summed E-state index contributed by atoms with van der Waals surface area (Å²) >= 11 is 5.22. The topological polar surface area (TPSA) is 74.7 Å². The molecule has 0 saturated heterocycles. The number of aromatic amines is 1. The van der Waals surface area contributed by atoms with Gasteiger partial charge in [-0.3, -0.25) is 5.10 Å². The zero-order valence-electron chi connectivity index (χ0n) is 12.8. The summed E-state index contributed by atoms with van der Waals surface area (Å²) in [6.07, 6.45) is 1.71. The van der Waals surface area contributed by atoms with Crippen LogP contribution in [0.2, 0.25) is 0 Å². The van der Waals surface area contributed by atoms with Crippen molar-refractivity contribution in [1.29, 1.82) is 5.26 Å². The Bertz CT molecular complexity index is 791. The van der Waals surface area contributed by atoms with E-state index in [9.17, 15) is 0 Å². The van der Waals surface area contributed by atoms with E-state index in [-0.39, 0.29) is 5.41 Å². The third-order valence-corrected chi connectivity index (χ3v) is 3.59. The number of nitrogens with zero attached hydrogens (tertiary/aromatic N) is 5. The van der Waals surface area contributed by atoms with Crippen LogP contribution in [0.15, 0.2) is 11.2 Å². The van der Waals surface area contributed by atoms with Gasteiger partial charge in [-0.2, -0.15) is 20.1 Å². The van der Waals surface area contributed by atoms with Gasteiger partial charge in [0.2, 0.25) is 4.77 Å². The molecular formula is C14H18N6S. The minimum absolute atomic E-state index is 0.172. The molecule has 0 amide bonds. The Labute approximate surface area is 128 Å². The highest BCUT2D eigenvalue weighted by atomic mass is 32.1. The first-order valence-electron chi connectivity index (χ1n) is 6.54. The molecule has 0 aromatic carbocycles. The number of nitrogens with one attached hydrogen (secondary N) is 1. The maximum Gasteiger partial charge on any atom is 0.216 e. The zero-order chi connectivity index (χ0) is 15.8. The van der Waals surface area contributed by atoms with Gasteiger partial charge in [0.05, 0.1) is 6.21 Å². The molecule has 0 bridgehead atoms. The van der Waals surface area contributed by atoms with E-state index in [1.165, 1.54) is 0 Å². The number of hydrogen-bond donors (Lipinski definition) is 1. The average Bonchev–Trinajstić information content (AvgIpc) is 2.90. The largest absolute Gasteiger partial charge is 0.339 e. The minimum atomic E-state index is -0.172. The molecule has 2 aromatic heterocycles. The highest BCUT2D eigenvalue weighted by molar-refractivity contribution is 7.71. The molecule has 0 unspecified atom stereocenters. The van der Waals surface area contributed by atoms with E-state index in [1.807, 2.05) is 39.3 Å². The summed E-state index contributed by atoms with van der Waals surface area (Å²) in [6, 6.07) is 3.96. The fraction of sp³-hybridized carbons (Fsp3) is 0.429. The van der Waals surface area contributed by atoms with Gasteiger partial charge in [0.25, 0.3) is 0 Å². The summed E-state index contributed by atoms with van der Waals surface area (Å²) < 4.78 is 3.90. The lowest BCUT2D eigenvalue weighted by Crippen LogP contribution is -2.17. The first-order chi connectivity index (χ1) is 9.75. The van der Waals surface area contributed by atoms with Gasteiger partial charge >= 0.3 is 0 Å². The summed E-state index contributed by atoms with van der Waals surface area (Å²) in [5.41, 5.74) is 2.29. The van der Waals surface area contributed by atoms with Gasteiger partial charge in [0.15, 0.2) is 5.82 Å². The smallest absolute Gasteiger partial charge is 0.216 e. The van der Waals surface area contributed by atoms with Crippen LogP contribution in [0.3, 0.4) is 0 Å². The molecule has 0 saturated carbocycles. The lowest BCUT2D eigenvalue weighted by Gasteiger charge is -2.15. The summed E-state index contributed by atoms with van der Waals surface area (Å²) in [7, 11) is 1.86. The highest BCUT2D eigenvalue weighted by Crippen LogP contribution is 2.20. The normalized spacial score (nSPS) is 12.0. The molecule has 0 atom stereocenters. The molecule has 0 radical (unpaired) electrons. The molecule has 2 aromatic rings. The summed E-state index contributed by atoms with van der Waals surface area (Å²) in [5, 5.41) is 20.5. The molecule has 0 aliphatic heterocycles. The maximum atomic E-state index is 9.05. The van der Waals surface area contributed by atoms with Gasteiger partial charge in [0.1, 0.15) is 11.8 Å². The molecule has 0 fully saturated rings. The van der Waals surface area contributed by atoms with Crippen LogP contribution in [0.4, 0.5) is 0 Å².